The minimum Gasteiger partial charge on any atom is -0.350 e. The highest BCUT2D eigenvalue weighted by atomic mass is 35.5. The van der Waals surface area contributed by atoms with E-state index in [-0.39, 0.29) is 5.50 Å². The van der Waals surface area contributed by atoms with Crippen LogP contribution >= 0.6 is 35.0 Å². The molecule has 1 aromatic heterocycles. The number of benzene rings is 1. The van der Waals surface area contributed by atoms with Crippen molar-refractivity contribution in [1.29, 1.82) is 0 Å². The van der Waals surface area contributed by atoms with Crippen LogP contribution in [0.5, 0.6) is 0 Å². The largest absolute Gasteiger partial charge is 0.350 e. The van der Waals surface area contributed by atoms with E-state index in [2.05, 4.69) is 10.3 Å². The van der Waals surface area contributed by atoms with E-state index in [0.717, 1.165) is 5.56 Å². The van der Waals surface area contributed by atoms with Gasteiger partial charge in [-0.1, -0.05) is 29.3 Å². The molecule has 6 nitrogen and oxygen atoms in total. The van der Waals surface area contributed by atoms with Gasteiger partial charge in [0.15, 0.2) is 10.7 Å². The topological polar surface area (TPSA) is 76.2 Å². The zero-order valence-corrected chi connectivity index (χ0v) is 13.0. The standard InChI is InChI=1S/C12H11Cl2N5OS/c13-8-2-1-7(5-9(8)14)6-17-12-19(10(15)20)18-4-3-16-11(18)21-12/h1-5,12,17H,6H2,(H2,15,20). The van der Waals surface area contributed by atoms with E-state index in [9.17, 15) is 4.79 Å². The molecule has 1 aromatic carbocycles. The Morgan fingerprint density at radius 3 is 2.95 bits per heavy atom. The van der Waals surface area contributed by atoms with Crippen LogP contribution < -0.4 is 16.1 Å². The Labute approximate surface area is 135 Å². The first-order valence-electron chi connectivity index (χ1n) is 6.02. The number of nitrogens with one attached hydrogen (secondary N) is 1. The number of hydrogen-bond donors (Lipinski definition) is 2. The second-order valence-corrected chi connectivity index (χ2v) is 6.20. The zero-order chi connectivity index (χ0) is 15.0. The number of thioether (sulfide) groups is 1. The summed E-state index contributed by atoms with van der Waals surface area (Å²) in [7, 11) is 0. The average molecular weight is 344 g/mol. The van der Waals surface area contributed by atoms with Crippen LogP contribution in [-0.2, 0) is 6.54 Å². The Bertz CT molecular complexity index is 692. The van der Waals surface area contributed by atoms with Crippen LogP contribution in [0.15, 0.2) is 35.7 Å². The zero-order valence-electron chi connectivity index (χ0n) is 10.7. The number of urea groups is 1. The molecule has 9 heteroatoms. The van der Waals surface area contributed by atoms with Crippen molar-refractivity contribution in [3.63, 3.8) is 0 Å². The number of nitrogens with zero attached hydrogens (tertiary/aromatic N) is 3. The molecule has 0 aliphatic carbocycles. The van der Waals surface area contributed by atoms with Crippen LogP contribution in [0.25, 0.3) is 0 Å². The molecule has 1 aliphatic heterocycles. The van der Waals surface area contributed by atoms with Crippen LogP contribution in [0, 0.1) is 0 Å². The van der Waals surface area contributed by atoms with Gasteiger partial charge in [0.2, 0.25) is 0 Å². The molecule has 2 aromatic rings. The number of halogens is 2. The summed E-state index contributed by atoms with van der Waals surface area (Å²) < 4.78 is 1.62. The van der Waals surface area contributed by atoms with Gasteiger partial charge in [0.25, 0.3) is 0 Å². The third-order valence-electron chi connectivity index (χ3n) is 2.95. The number of nitrogens with two attached hydrogens (primary N) is 1. The number of carbonyl (C=O) groups excluding carboxylic acids is 1. The maximum Gasteiger partial charge on any atom is 0.336 e. The Morgan fingerprint density at radius 2 is 2.24 bits per heavy atom. The summed E-state index contributed by atoms with van der Waals surface area (Å²) in [6.45, 7) is 0.517. The smallest absolute Gasteiger partial charge is 0.336 e. The number of rotatable bonds is 3. The number of fused-ring (bicyclic) bond motifs is 1. The number of primary amides is 1. The van der Waals surface area contributed by atoms with Gasteiger partial charge in [-0.3, -0.25) is 5.32 Å². The van der Waals surface area contributed by atoms with Gasteiger partial charge in [0.1, 0.15) is 0 Å². The van der Waals surface area contributed by atoms with Gasteiger partial charge in [-0.2, -0.15) is 0 Å². The Hall–Kier alpha value is -1.41. The monoisotopic (exact) mass is 343 g/mol. The number of carbonyl (C=O) groups is 1. The van der Waals surface area contributed by atoms with E-state index in [0.29, 0.717) is 21.7 Å². The molecule has 1 aliphatic rings. The molecule has 1 unspecified atom stereocenters. The first kappa shape index (κ1) is 14.5. The maximum atomic E-state index is 11.6. The normalized spacial score (nSPS) is 17.0. The molecular weight excluding hydrogens is 333 g/mol. The highest BCUT2D eigenvalue weighted by molar-refractivity contribution is 8.00. The minimum atomic E-state index is -0.550. The molecule has 0 radical (unpaired) electrons. The Balaban J connectivity index is 1.72. The molecule has 21 heavy (non-hydrogen) atoms. The molecule has 3 N–H and O–H groups in total. The lowest BCUT2D eigenvalue weighted by molar-refractivity contribution is 0.246. The average Bonchev–Trinajstić information content (AvgIpc) is 2.99. The fourth-order valence-electron chi connectivity index (χ4n) is 2.00. The Kier molecular flexibility index (Phi) is 3.99. The summed E-state index contributed by atoms with van der Waals surface area (Å²) in [5.74, 6) is 0. The highest BCUT2D eigenvalue weighted by Crippen LogP contribution is 2.30. The van der Waals surface area contributed by atoms with E-state index in [1.807, 2.05) is 6.07 Å². The van der Waals surface area contributed by atoms with Crippen LogP contribution in [-0.4, -0.2) is 21.2 Å². The van der Waals surface area contributed by atoms with Gasteiger partial charge in [-0.15, -0.1) is 0 Å². The first-order valence-corrected chi connectivity index (χ1v) is 7.66. The lowest BCUT2D eigenvalue weighted by Crippen LogP contribution is -2.51. The van der Waals surface area contributed by atoms with E-state index < -0.39 is 6.03 Å². The summed E-state index contributed by atoms with van der Waals surface area (Å²) in [6, 6.07) is 4.84. The van der Waals surface area contributed by atoms with Gasteiger partial charge in [-0.25, -0.2) is 19.5 Å². The van der Waals surface area contributed by atoms with Crippen molar-refractivity contribution < 1.29 is 4.79 Å². The van der Waals surface area contributed by atoms with Gasteiger partial charge in [0, 0.05) is 18.9 Å². The summed E-state index contributed by atoms with van der Waals surface area (Å²) in [5.41, 5.74) is 6.06. The molecule has 2 amide bonds. The summed E-state index contributed by atoms with van der Waals surface area (Å²) in [5, 5.41) is 6.35. The van der Waals surface area contributed by atoms with Gasteiger partial charge in [-0.05, 0) is 29.5 Å². The van der Waals surface area contributed by atoms with E-state index >= 15 is 0 Å². The maximum absolute atomic E-state index is 11.6. The Morgan fingerprint density at radius 1 is 1.43 bits per heavy atom. The third kappa shape index (κ3) is 2.82. The highest BCUT2D eigenvalue weighted by Gasteiger charge is 2.33. The number of aromatic nitrogens is 2. The van der Waals surface area contributed by atoms with Crippen molar-refractivity contribution in [3.8, 4) is 0 Å². The van der Waals surface area contributed by atoms with Crippen LogP contribution in [0.2, 0.25) is 10.0 Å². The van der Waals surface area contributed by atoms with Crippen molar-refractivity contribution in [1.82, 2.24) is 15.0 Å². The quantitative estimate of drug-likeness (QED) is 0.896. The SMILES string of the molecule is NC(=O)N1C(NCc2ccc(Cl)c(Cl)c2)Sc2nccn21. The predicted octanol–water partition coefficient (Wildman–Crippen LogP) is 2.39. The molecule has 0 fully saturated rings. The van der Waals surface area contributed by atoms with E-state index in [4.69, 9.17) is 28.9 Å². The molecule has 0 saturated heterocycles. The molecule has 3 rings (SSSR count). The molecule has 0 spiro atoms. The molecule has 1 atom stereocenters. The molecule has 2 heterocycles. The van der Waals surface area contributed by atoms with Crippen LogP contribution in [0.3, 0.4) is 0 Å². The van der Waals surface area contributed by atoms with E-state index in [1.54, 1.807) is 29.2 Å². The van der Waals surface area contributed by atoms with Gasteiger partial charge < -0.3 is 5.73 Å². The summed E-state index contributed by atoms with van der Waals surface area (Å²) >= 11 is 13.3. The van der Waals surface area contributed by atoms with Crippen LogP contribution in [0.4, 0.5) is 4.79 Å². The number of hydrogen-bond acceptors (Lipinski definition) is 4. The molecule has 0 bridgehead atoms. The first-order chi connectivity index (χ1) is 10.1. The molecule has 0 saturated carbocycles. The summed E-state index contributed by atoms with van der Waals surface area (Å²) in [6.07, 6.45) is 3.31. The lowest BCUT2D eigenvalue weighted by atomic mass is 10.2. The van der Waals surface area contributed by atoms with Crippen molar-refractivity contribution >= 4 is 41.0 Å². The van der Waals surface area contributed by atoms with Gasteiger partial charge in [0.05, 0.1) is 10.0 Å². The third-order valence-corrected chi connectivity index (χ3v) is 4.78. The fraction of sp³-hybridized carbons (Fsp3) is 0.167. The van der Waals surface area contributed by atoms with Crippen molar-refractivity contribution in [2.45, 2.75) is 17.2 Å². The lowest BCUT2D eigenvalue weighted by Gasteiger charge is -2.23. The predicted molar refractivity (Wildman–Crippen MR) is 83.0 cm³/mol. The minimum absolute atomic E-state index is 0.319. The van der Waals surface area contributed by atoms with Crippen molar-refractivity contribution in [3.05, 3.63) is 46.2 Å². The molecular formula is C12H11Cl2N5OS. The fourth-order valence-corrected chi connectivity index (χ4v) is 3.37. The van der Waals surface area contributed by atoms with Crippen molar-refractivity contribution in [2.75, 3.05) is 5.01 Å². The van der Waals surface area contributed by atoms with E-state index in [1.165, 1.54) is 16.8 Å². The summed E-state index contributed by atoms with van der Waals surface area (Å²) in [4.78, 5) is 15.7. The van der Waals surface area contributed by atoms with Crippen molar-refractivity contribution in [2.24, 2.45) is 5.73 Å². The number of amides is 2. The second kappa shape index (κ2) is 5.76. The molecule has 110 valence electrons. The van der Waals surface area contributed by atoms with Crippen LogP contribution in [0.1, 0.15) is 5.56 Å². The van der Waals surface area contributed by atoms with Gasteiger partial charge >= 0.3 is 6.03 Å². The second-order valence-electron chi connectivity index (χ2n) is 4.34. The number of imidazole rings is 1.